The fourth-order valence-corrected chi connectivity index (χ4v) is 4.03. The maximum atomic E-state index is 11.1. The predicted octanol–water partition coefficient (Wildman–Crippen LogP) is 7.02. The van der Waals surface area contributed by atoms with E-state index in [0.717, 1.165) is 33.5 Å². The van der Waals surface area contributed by atoms with Crippen LogP contribution in [-0.2, 0) is 4.79 Å². The number of aromatic nitrogens is 1. The number of rotatable bonds is 9. The largest absolute Gasteiger partial charge is 0.489 e. The Labute approximate surface area is 224 Å². The molecule has 0 aliphatic rings. The Balaban J connectivity index is 1.54. The van der Waals surface area contributed by atoms with E-state index in [9.17, 15) is 4.79 Å². The standard InChI is InChI=1S/C30H26INO4/c1-20-18-26(13-15-29(20)36-21(2)30(33)34)35-17-16-27(22-8-11-25(31)12-9-22)24-10-14-28(32-19-24)23-6-4-3-5-7-23/h3-16,18-19,21H,17H2,1-2H3,(H,33,34). The molecule has 1 N–H and O–H groups in total. The molecule has 3 aromatic carbocycles. The monoisotopic (exact) mass is 591 g/mol. The molecule has 1 heterocycles. The lowest BCUT2D eigenvalue weighted by Crippen LogP contribution is -2.23. The Kier molecular flexibility index (Phi) is 8.38. The van der Waals surface area contributed by atoms with Crippen molar-refractivity contribution in [2.24, 2.45) is 0 Å². The molecular formula is C30H26INO4. The number of pyridine rings is 1. The van der Waals surface area contributed by atoms with Crippen LogP contribution in [0.15, 0.2) is 97.2 Å². The maximum Gasteiger partial charge on any atom is 0.344 e. The third-order valence-electron chi connectivity index (χ3n) is 5.63. The zero-order chi connectivity index (χ0) is 25.5. The normalized spacial score (nSPS) is 12.1. The summed E-state index contributed by atoms with van der Waals surface area (Å²) in [4.78, 5) is 15.8. The van der Waals surface area contributed by atoms with Crippen molar-refractivity contribution in [3.8, 4) is 22.8 Å². The van der Waals surface area contributed by atoms with E-state index in [1.165, 1.54) is 10.5 Å². The van der Waals surface area contributed by atoms with Crippen molar-refractivity contribution in [3.05, 3.63) is 117 Å². The van der Waals surface area contributed by atoms with Crippen LogP contribution >= 0.6 is 22.6 Å². The second-order valence-corrected chi connectivity index (χ2v) is 9.51. The number of benzene rings is 3. The van der Waals surface area contributed by atoms with Gasteiger partial charge in [-0.2, -0.15) is 0 Å². The SMILES string of the molecule is Cc1cc(OCC=C(c2ccc(I)cc2)c2ccc(-c3ccccc3)nc2)ccc1OC(C)C(=O)O. The van der Waals surface area contributed by atoms with Gasteiger partial charge in [0.25, 0.3) is 0 Å². The molecule has 36 heavy (non-hydrogen) atoms. The molecule has 182 valence electrons. The molecule has 0 amide bonds. The number of aliphatic carboxylic acids is 1. The molecule has 4 rings (SSSR count). The van der Waals surface area contributed by atoms with E-state index in [1.54, 1.807) is 12.1 Å². The van der Waals surface area contributed by atoms with Crippen LogP contribution in [0.5, 0.6) is 11.5 Å². The molecule has 0 spiro atoms. The van der Waals surface area contributed by atoms with Crippen LogP contribution in [0.1, 0.15) is 23.6 Å². The third-order valence-corrected chi connectivity index (χ3v) is 6.35. The lowest BCUT2D eigenvalue weighted by atomic mass is 9.98. The van der Waals surface area contributed by atoms with Crippen LogP contribution in [-0.4, -0.2) is 28.8 Å². The fourth-order valence-electron chi connectivity index (χ4n) is 3.67. The van der Waals surface area contributed by atoms with Gasteiger partial charge in [0.15, 0.2) is 6.10 Å². The summed E-state index contributed by atoms with van der Waals surface area (Å²) in [5.41, 5.74) is 5.92. The van der Waals surface area contributed by atoms with Gasteiger partial charge in [-0.3, -0.25) is 4.98 Å². The molecule has 0 saturated heterocycles. The number of nitrogens with zero attached hydrogens (tertiary/aromatic N) is 1. The number of hydrogen-bond donors (Lipinski definition) is 1. The first-order valence-electron chi connectivity index (χ1n) is 11.5. The Hall–Kier alpha value is -3.65. The minimum atomic E-state index is -1.01. The first-order chi connectivity index (χ1) is 17.4. The van der Waals surface area contributed by atoms with Gasteiger partial charge in [0, 0.05) is 20.9 Å². The summed E-state index contributed by atoms with van der Waals surface area (Å²) < 4.78 is 12.7. The molecule has 1 unspecified atom stereocenters. The van der Waals surface area contributed by atoms with Crippen LogP contribution in [0.2, 0.25) is 0 Å². The summed E-state index contributed by atoms with van der Waals surface area (Å²) in [6.07, 6.45) is 3.02. The summed E-state index contributed by atoms with van der Waals surface area (Å²) in [5.74, 6) is 0.199. The fraction of sp³-hybridized carbons (Fsp3) is 0.133. The van der Waals surface area contributed by atoms with Crippen LogP contribution in [0.4, 0.5) is 0 Å². The highest BCUT2D eigenvalue weighted by Gasteiger charge is 2.14. The van der Waals surface area contributed by atoms with Crippen LogP contribution < -0.4 is 9.47 Å². The van der Waals surface area contributed by atoms with Crippen molar-refractivity contribution < 1.29 is 19.4 Å². The third kappa shape index (κ3) is 6.51. The highest BCUT2D eigenvalue weighted by atomic mass is 127. The van der Waals surface area contributed by atoms with E-state index in [2.05, 4.69) is 52.9 Å². The average Bonchev–Trinajstić information content (AvgIpc) is 2.89. The first-order valence-corrected chi connectivity index (χ1v) is 12.6. The van der Waals surface area contributed by atoms with E-state index in [0.29, 0.717) is 18.1 Å². The smallest absolute Gasteiger partial charge is 0.344 e. The molecule has 0 saturated carbocycles. The lowest BCUT2D eigenvalue weighted by Gasteiger charge is -2.14. The lowest BCUT2D eigenvalue weighted by molar-refractivity contribution is -0.144. The predicted molar refractivity (Wildman–Crippen MR) is 150 cm³/mol. The molecule has 0 aliphatic heterocycles. The van der Waals surface area contributed by atoms with Crippen molar-refractivity contribution in [3.63, 3.8) is 0 Å². The van der Waals surface area contributed by atoms with Gasteiger partial charge < -0.3 is 14.6 Å². The molecule has 1 aromatic heterocycles. The highest BCUT2D eigenvalue weighted by molar-refractivity contribution is 14.1. The van der Waals surface area contributed by atoms with Crippen LogP contribution in [0.3, 0.4) is 0 Å². The molecule has 0 radical (unpaired) electrons. The van der Waals surface area contributed by atoms with Crippen molar-refractivity contribution in [1.29, 1.82) is 0 Å². The van der Waals surface area contributed by atoms with Gasteiger partial charge in [0.05, 0.1) is 5.69 Å². The van der Waals surface area contributed by atoms with Gasteiger partial charge in [-0.1, -0.05) is 48.5 Å². The van der Waals surface area contributed by atoms with E-state index >= 15 is 0 Å². The summed E-state index contributed by atoms with van der Waals surface area (Å²) >= 11 is 2.30. The Morgan fingerprint density at radius 3 is 2.36 bits per heavy atom. The van der Waals surface area contributed by atoms with E-state index in [1.807, 2.05) is 61.7 Å². The molecule has 0 aliphatic carbocycles. The number of halogens is 1. The van der Waals surface area contributed by atoms with E-state index in [-0.39, 0.29) is 0 Å². The summed E-state index contributed by atoms with van der Waals surface area (Å²) in [5, 5.41) is 9.07. The van der Waals surface area contributed by atoms with Gasteiger partial charge in [0.2, 0.25) is 0 Å². The summed E-state index contributed by atoms with van der Waals surface area (Å²) in [6, 6.07) is 27.9. The van der Waals surface area contributed by atoms with Gasteiger partial charge in [-0.15, -0.1) is 0 Å². The highest BCUT2D eigenvalue weighted by Crippen LogP contribution is 2.27. The number of carboxylic acids is 1. The molecule has 0 bridgehead atoms. The Bertz CT molecular complexity index is 1350. The minimum Gasteiger partial charge on any atom is -0.489 e. The molecular weight excluding hydrogens is 565 g/mol. The van der Waals surface area contributed by atoms with Gasteiger partial charge in [0.1, 0.15) is 18.1 Å². The van der Waals surface area contributed by atoms with Crippen molar-refractivity contribution in [2.45, 2.75) is 20.0 Å². The minimum absolute atomic E-state index is 0.354. The van der Waals surface area contributed by atoms with Gasteiger partial charge in [-0.25, -0.2) is 4.79 Å². The van der Waals surface area contributed by atoms with Crippen molar-refractivity contribution >= 4 is 34.1 Å². The topological polar surface area (TPSA) is 68.7 Å². The Morgan fingerprint density at radius 1 is 1.00 bits per heavy atom. The molecule has 6 heteroatoms. The van der Waals surface area contributed by atoms with Crippen LogP contribution in [0.25, 0.3) is 16.8 Å². The summed E-state index contributed by atoms with van der Waals surface area (Å²) in [7, 11) is 0. The Morgan fingerprint density at radius 2 is 1.72 bits per heavy atom. The second kappa shape index (κ2) is 11.9. The van der Waals surface area contributed by atoms with Crippen molar-refractivity contribution in [2.75, 3.05) is 6.61 Å². The maximum absolute atomic E-state index is 11.1. The zero-order valence-corrected chi connectivity index (χ0v) is 22.2. The average molecular weight is 591 g/mol. The quantitative estimate of drug-likeness (QED) is 0.212. The first kappa shape index (κ1) is 25.4. The molecule has 1 atom stereocenters. The number of carboxylic acid groups (broad SMARTS) is 1. The number of carbonyl (C=O) groups is 1. The zero-order valence-electron chi connectivity index (χ0n) is 20.0. The molecule has 4 aromatic rings. The van der Waals surface area contributed by atoms with E-state index < -0.39 is 12.1 Å². The number of ether oxygens (including phenoxy) is 2. The van der Waals surface area contributed by atoms with Gasteiger partial charge in [-0.05, 0) is 95.6 Å². The van der Waals surface area contributed by atoms with Crippen LogP contribution in [0, 0.1) is 10.5 Å². The van der Waals surface area contributed by atoms with Crippen molar-refractivity contribution in [1.82, 2.24) is 4.98 Å². The molecule has 0 fully saturated rings. The second-order valence-electron chi connectivity index (χ2n) is 8.26. The number of aryl methyl sites for hydroxylation is 1. The molecule has 5 nitrogen and oxygen atoms in total. The number of hydrogen-bond acceptors (Lipinski definition) is 4. The van der Waals surface area contributed by atoms with E-state index in [4.69, 9.17) is 19.6 Å². The summed E-state index contributed by atoms with van der Waals surface area (Å²) in [6.45, 7) is 3.72. The van der Waals surface area contributed by atoms with Gasteiger partial charge >= 0.3 is 5.97 Å².